The Labute approximate surface area is 143 Å². The highest BCUT2D eigenvalue weighted by atomic mass is 32.2. The van der Waals surface area contributed by atoms with Crippen molar-refractivity contribution in [2.45, 2.75) is 16.7 Å². The predicted molar refractivity (Wildman–Crippen MR) is 99.9 cm³/mol. The van der Waals surface area contributed by atoms with E-state index in [4.69, 9.17) is 5.73 Å². The van der Waals surface area contributed by atoms with Crippen molar-refractivity contribution >= 4 is 46.0 Å². The Morgan fingerprint density at radius 3 is 2.78 bits per heavy atom. The number of aromatic nitrogens is 1. The number of aryl methyl sites for hydroxylation is 1. The molecule has 4 N–H and O–H groups in total. The summed E-state index contributed by atoms with van der Waals surface area (Å²) in [7, 11) is 0. The van der Waals surface area contributed by atoms with Crippen LogP contribution in [-0.2, 0) is 0 Å². The summed E-state index contributed by atoms with van der Waals surface area (Å²) in [5.74, 6) is 0. The van der Waals surface area contributed by atoms with E-state index in [2.05, 4.69) is 15.8 Å². The molecular formula is C17H16N4S2. The molecule has 6 heteroatoms. The average Bonchev–Trinajstić information content (AvgIpc) is 2.99. The molecular weight excluding hydrogens is 324 g/mol. The van der Waals surface area contributed by atoms with Crippen LogP contribution in [0.15, 0.2) is 46.3 Å². The molecule has 0 atom stereocenters. The maximum Gasteiger partial charge on any atom is 0.101 e. The van der Waals surface area contributed by atoms with Gasteiger partial charge < -0.3 is 15.4 Å². The van der Waals surface area contributed by atoms with E-state index in [9.17, 15) is 5.26 Å². The molecule has 1 aromatic heterocycles. The maximum absolute atomic E-state index is 9.22. The Hall–Kier alpha value is -2.23. The molecule has 0 fully saturated rings. The van der Waals surface area contributed by atoms with Crippen LogP contribution in [-0.4, -0.2) is 11.2 Å². The SMILES string of the molecule is CSc1ccc(SNc2ccc(C)c3c(C#N)c[nH]c23)cc1N. The zero-order valence-electron chi connectivity index (χ0n) is 12.8. The number of anilines is 2. The van der Waals surface area contributed by atoms with Crippen LogP contribution in [0.3, 0.4) is 0 Å². The van der Waals surface area contributed by atoms with Crippen molar-refractivity contribution in [2.75, 3.05) is 16.7 Å². The van der Waals surface area contributed by atoms with Gasteiger partial charge in [-0.1, -0.05) is 6.07 Å². The van der Waals surface area contributed by atoms with E-state index < -0.39 is 0 Å². The first kappa shape index (κ1) is 15.7. The molecule has 0 aliphatic rings. The topological polar surface area (TPSA) is 77.6 Å². The van der Waals surface area contributed by atoms with Crippen LogP contribution in [0.4, 0.5) is 11.4 Å². The maximum atomic E-state index is 9.22. The van der Waals surface area contributed by atoms with Gasteiger partial charge in [0.25, 0.3) is 0 Å². The van der Waals surface area contributed by atoms with Crippen LogP contribution in [0, 0.1) is 18.3 Å². The predicted octanol–water partition coefficient (Wildman–Crippen LogP) is 4.77. The Bertz CT molecular complexity index is 909. The van der Waals surface area contributed by atoms with Crippen LogP contribution in [0.1, 0.15) is 11.1 Å². The smallest absolute Gasteiger partial charge is 0.101 e. The van der Waals surface area contributed by atoms with Crippen molar-refractivity contribution in [1.82, 2.24) is 4.98 Å². The summed E-state index contributed by atoms with van der Waals surface area (Å²) in [4.78, 5) is 5.31. The number of rotatable bonds is 4. The Morgan fingerprint density at radius 2 is 2.09 bits per heavy atom. The molecule has 0 bridgehead atoms. The highest BCUT2D eigenvalue weighted by Gasteiger charge is 2.10. The quantitative estimate of drug-likeness (QED) is 0.362. The van der Waals surface area contributed by atoms with Crippen molar-refractivity contribution in [3.05, 3.63) is 47.7 Å². The molecule has 0 saturated carbocycles. The lowest BCUT2D eigenvalue weighted by Gasteiger charge is -2.10. The fourth-order valence-corrected chi connectivity index (χ4v) is 3.70. The van der Waals surface area contributed by atoms with Gasteiger partial charge in [-0.05, 0) is 55.0 Å². The van der Waals surface area contributed by atoms with Crippen molar-refractivity contribution in [2.24, 2.45) is 0 Å². The number of nitrogens with two attached hydrogens (primary N) is 1. The lowest BCUT2D eigenvalue weighted by Crippen LogP contribution is -1.92. The third-order valence-electron chi connectivity index (χ3n) is 3.64. The highest BCUT2D eigenvalue weighted by molar-refractivity contribution is 8.00. The molecule has 1 heterocycles. The van der Waals surface area contributed by atoms with E-state index >= 15 is 0 Å². The number of benzene rings is 2. The molecule has 0 aliphatic carbocycles. The molecule has 0 spiro atoms. The summed E-state index contributed by atoms with van der Waals surface area (Å²) in [5.41, 5.74) is 10.5. The normalized spacial score (nSPS) is 10.7. The molecule has 0 unspecified atom stereocenters. The first-order valence-corrected chi connectivity index (χ1v) is 9.05. The molecule has 0 radical (unpaired) electrons. The van der Waals surface area contributed by atoms with Crippen LogP contribution in [0.25, 0.3) is 10.9 Å². The number of hydrogen-bond acceptors (Lipinski definition) is 5. The number of hydrogen-bond donors (Lipinski definition) is 3. The van der Waals surface area contributed by atoms with Gasteiger partial charge in [0.1, 0.15) is 6.07 Å². The van der Waals surface area contributed by atoms with Gasteiger partial charge in [0.05, 0.1) is 16.8 Å². The van der Waals surface area contributed by atoms with Crippen molar-refractivity contribution < 1.29 is 0 Å². The third kappa shape index (κ3) is 2.98. The number of nitrogens with one attached hydrogen (secondary N) is 2. The van der Waals surface area contributed by atoms with Gasteiger partial charge in [0, 0.05) is 27.1 Å². The van der Waals surface area contributed by atoms with E-state index in [1.54, 1.807) is 18.0 Å². The number of aromatic amines is 1. The van der Waals surface area contributed by atoms with Crippen LogP contribution in [0.2, 0.25) is 0 Å². The number of nitrogen functional groups attached to an aromatic ring is 1. The van der Waals surface area contributed by atoms with Gasteiger partial charge in [-0.2, -0.15) is 5.26 Å². The molecule has 0 saturated heterocycles. The minimum atomic E-state index is 0.666. The number of nitriles is 1. The van der Waals surface area contributed by atoms with Crippen molar-refractivity contribution in [3.8, 4) is 6.07 Å². The zero-order valence-corrected chi connectivity index (χ0v) is 14.4. The molecule has 2 aromatic carbocycles. The monoisotopic (exact) mass is 340 g/mol. The minimum Gasteiger partial charge on any atom is -0.398 e. The van der Waals surface area contributed by atoms with Crippen molar-refractivity contribution in [3.63, 3.8) is 0 Å². The standard InChI is InChI=1S/C17H16N4S2/c1-10-3-5-14(17-16(10)11(8-18)9-20-17)21-23-12-4-6-15(22-2)13(19)7-12/h3-7,9,20-21H,19H2,1-2H3. The first-order valence-electron chi connectivity index (χ1n) is 7.01. The van der Waals surface area contributed by atoms with Gasteiger partial charge in [-0.15, -0.1) is 11.8 Å². The van der Waals surface area contributed by atoms with Gasteiger partial charge >= 0.3 is 0 Å². The molecule has 3 aromatic rings. The van der Waals surface area contributed by atoms with Crippen LogP contribution in [0.5, 0.6) is 0 Å². The summed E-state index contributed by atoms with van der Waals surface area (Å²) < 4.78 is 3.35. The van der Waals surface area contributed by atoms with Crippen molar-refractivity contribution in [1.29, 1.82) is 5.26 Å². The second-order valence-electron chi connectivity index (χ2n) is 5.10. The number of fused-ring (bicyclic) bond motifs is 1. The molecule has 0 amide bonds. The van der Waals surface area contributed by atoms with Crippen LogP contribution >= 0.6 is 23.7 Å². The molecule has 23 heavy (non-hydrogen) atoms. The van der Waals surface area contributed by atoms with Gasteiger partial charge in [-0.25, -0.2) is 0 Å². The number of thioether (sulfide) groups is 1. The lowest BCUT2D eigenvalue weighted by molar-refractivity contribution is 1.36. The van der Waals surface area contributed by atoms with E-state index in [-0.39, 0.29) is 0 Å². The molecule has 116 valence electrons. The average molecular weight is 340 g/mol. The van der Waals surface area contributed by atoms with Gasteiger partial charge in [-0.3, -0.25) is 0 Å². The second-order valence-corrected chi connectivity index (χ2v) is 6.83. The van der Waals surface area contributed by atoms with E-state index in [1.165, 1.54) is 11.9 Å². The van der Waals surface area contributed by atoms with Gasteiger partial charge in [0.15, 0.2) is 0 Å². The Morgan fingerprint density at radius 1 is 1.26 bits per heavy atom. The third-order valence-corrected chi connectivity index (χ3v) is 5.27. The lowest BCUT2D eigenvalue weighted by atomic mass is 10.1. The van der Waals surface area contributed by atoms with E-state index in [0.717, 1.165) is 37.6 Å². The zero-order chi connectivity index (χ0) is 16.4. The first-order chi connectivity index (χ1) is 11.1. The molecule has 4 nitrogen and oxygen atoms in total. The summed E-state index contributed by atoms with van der Waals surface area (Å²) in [6, 6.07) is 12.3. The fourth-order valence-electron chi connectivity index (χ4n) is 2.48. The number of nitrogens with zero attached hydrogens (tertiary/aromatic N) is 1. The number of H-pyrrole nitrogens is 1. The van der Waals surface area contributed by atoms with E-state index in [1.807, 2.05) is 43.5 Å². The van der Waals surface area contributed by atoms with Crippen LogP contribution < -0.4 is 10.5 Å². The summed E-state index contributed by atoms with van der Waals surface area (Å²) in [6.07, 6.45) is 3.76. The second kappa shape index (κ2) is 6.49. The molecule has 0 aliphatic heterocycles. The molecule has 3 rings (SSSR count). The van der Waals surface area contributed by atoms with E-state index in [0.29, 0.717) is 5.56 Å². The minimum absolute atomic E-state index is 0.666. The Kier molecular flexibility index (Phi) is 4.42. The van der Waals surface area contributed by atoms with Gasteiger partial charge in [0.2, 0.25) is 0 Å². The summed E-state index contributed by atoms with van der Waals surface area (Å²) in [5, 5.41) is 10.2. The summed E-state index contributed by atoms with van der Waals surface area (Å²) in [6.45, 7) is 2.01. The summed E-state index contributed by atoms with van der Waals surface area (Å²) >= 11 is 3.14. The highest BCUT2D eigenvalue weighted by Crippen LogP contribution is 2.33. The Balaban J connectivity index is 1.88. The largest absolute Gasteiger partial charge is 0.398 e. The fraction of sp³-hybridized carbons (Fsp3) is 0.118.